The molecule has 8 unspecified atom stereocenters. The van der Waals surface area contributed by atoms with Crippen LogP contribution in [0.1, 0.15) is 46.0 Å². The van der Waals surface area contributed by atoms with Crippen LogP contribution >= 0.6 is 0 Å². The number of carbonyl (C=O) groups excluding carboxylic acids is 1. The highest BCUT2D eigenvalue weighted by molar-refractivity contribution is 5.77. The van der Waals surface area contributed by atoms with E-state index in [9.17, 15) is 49.4 Å². The lowest BCUT2D eigenvalue weighted by Crippen LogP contribution is -2.59. The summed E-state index contributed by atoms with van der Waals surface area (Å²) in [7, 11) is 0.816. The van der Waals surface area contributed by atoms with E-state index < -0.39 is 78.3 Å². The van der Waals surface area contributed by atoms with Gasteiger partial charge in [0.1, 0.15) is 0 Å². The van der Waals surface area contributed by atoms with Gasteiger partial charge in [0.25, 0.3) is 5.60 Å². The van der Waals surface area contributed by atoms with Crippen molar-refractivity contribution in [2.24, 2.45) is 35.0 Å². The van der Waals surface area contributed by atoms with Crippen molar-refractivity contribution in [3.63, 3.8) is 0 Å². The number of ether oxygens (including phenoxy) is 2. The molecule has 3 aliphatic rings. The Labute approximate surface area is 190 Å². The molecule has 13 heteroatoms. The van der Waals surface area contributed by atoms with E-state index in [4.69, 9.17) is 4.74 Å². The van der Waals surface area contributed by atoms with Gasteiger partial charge >= 0.3 is 24.5 Å². The maximum absolute atomic E-state index is 13.7. The molecule has 0 aromatic rings. The number of alkyl halides is 9. The molecule has 8 atom stereocenters. The number of halogens is 9. The molecule has 3 rings (SSSR count). The first-order chi connectivity index (χ1) is 15.3. The molecule has 1 saturated heterocycles. The Balaban J connectivity index is 1.81. The van der Waals surface area contributed by atoms with Crippen LogP contribution in [0.15, 0.2) is 0 Å². The molecule has 3 fully saturated rings. The van der Waals surface area contributed by atoms with Crippen molar-refractivity contribution < 1.29 is 58.9 Å². The normalized spacial score (nSPS) is 36.2. The molecule has 0 radical (unpaired) electrons. The van der Waals surface area contributed by atoms with Crippen LogP contribution in [0.3, 0.4) is 0 Å². The van der Waals surface area contributed by atoms with Gasteiger partial charge in [-0.25, -0.2) is 0 Å². The van der Waals surface area contributed by atoms with Gasteiger partial charge in [-0.1, -0.05) is 6.92 Å². The van der Waals surface area contributed by atoms with E-state index in [2.05, 4.69) is 4.74 Å². The molecule has 4 nitrogen and oxygen atoms in total. The highest BCUT2D eigenvalue weighted by Gasteiger charge is 2.72. The number of hydrogen-bond donors (Lipinski definition) is 1. The first-order valence-electron chi connectivity index (χ1n) is 10.9. The van der Waals surface area contributed by atoms with Gasteiger partial charge in [-0.05, 0) is 68.6 Å². The number of rotatable bonds is 5. The predicted octanol–water partition coefficient (Wildman–Crippen LogP) is 5.43. The summed E-state index contributed by atoms with van der Waals surface area (Å²) >= 11 is 0. The summed E-state index contributed by atoms with van der Waals surface area (Å²) in [5.74, 6) is -4.33. The van der Waals surface area contributed by atoms with E-state index in [1.807, 2.05) is 0 Å². The Morgan fingerprint density at radius 1 is 0.912 bits per heavy atom. The minimum Gasteiger partial charge on any atom is -0.468 e. The molecule has 0 amide bonds. The molecule has 0 spiro atoms. The number of esters is 1. The maximum atomic E-state index is 13.7. The molecule has 198 valence electrons. The average molecular weight is 514 g/mol. The lowest BCUT2D eigenvalue weighted by molar-refractivity contribution is -0.374. The zero-order valence-electron chi connectivity index (χ0n) is 18.7. The Morgan fingerprint density at radius 3 is 1.94 bits per heavy atom. The van der Waals surface area contributed by atoms with E-state index >= 15 is 0 Å². The molecule has 0 aromatic heterocycles. The Kier molecular flexibility index (Phi) is 6.77. The molecular weight excluding hydrogens is 487 g/mol. The molecule has 2 aliphatic carbocycles. The Morgan fingerprint density at radius 2 is 1.47 bits per heavy atom. The van der Waals surface area contributed by atoms with Crippen molar-refractivity contribution >= 4 is 5.97 Å². The quantitative estimate of drug-likeness (QED) is 0.393. The highest BCUT2D eigenvalue weighted by Crippen LogP contribution is 2.61. The molecule has 1 aliphatic heterocycles. The van der Waals surface area contributed by atoms with Crippen molar-refractivity contribution in [3.8, 4) is 0 Å². The smallest absolute Gasteiger partial charge is 0.426 e. The van der Waals surface area contributed by atoms with Crippen molar-refractivity contribution in [1.29, 1.82) is 0 Å². The molecule has 2 bridgehead atoms. The third-order valence-electron chi connectivity index (χ3n) is 8.21. The fourth-order valence-corrected chi connectivity index (χ4v) is 6.18. The second-order valence-electron chi connectivity index (χ2n) is 10.3. The van der Waals surface area contributed by atoms with Crippen LogP contribution in [-0.2, 0) is 14.3 Å². The second kappa shape index (κ2) is 8.41. The summed E-state index contributed by atoms with van der Waals surface area (Å²) in [5.41, 5.74) is -7.77. The van der Waals surface area contributed by atoms with Crippen LogP contribution in [0.4, 0.5) is 39.5 Å². The third-order valence-corrected chi connectivity index (χ3v) is 8.21. The molecule has 2 saturated carbocycles. The molecule has 1 N–H and O–H groups in total. The van der Waals surface area contributed by atoms with Gasteiger partial charge in [0.15, 0.2) is 5.41 Å². The van der Waals surface area contributed by atoms with Crippen molar-refractivity contribution in [3.05, 3.63) is 0 Å². The van der Waals surface area contributed by atoms with Gasteiger partial charge < -0.3 is 14.6 Å². The van der Waals surface area contributed by atoms with E-state index in [-0.39, 0.29) is 24.7 Å². The van der Waals surface area contributed by atoms with Crippen molar-refractivity contribution in [1.82, 2.24) is 0 Å². The van der Waals surface area contributed by atoms with Gasteiger partial charge in [0.2, 0.25) is 0 Å². The maximum Gasteiger partial charge on any atom is 0.426 e. The zero-order valence-corrected chi connectivity index (χ0v) is 18.7. The minimum atomic E-state index is -5.94. The minimum absolute atomic E-state index is 0.0451. The van der Waals surface area contributed by atoms with Crippen LogP contribution in [-0.4, -0.2) is 54.5 Å². The first-order valence-corrected chi connectivity index (χ1v) is 10.9. The standard InChI is InChI=1S/C21H27F9O4/c1-9-4-12-10-5-11(7-18(32,20(25,26)27)21(28,29)30)13(6-10)15(12)34-14(9)8-17(2,16(31)33-3)19(22,23)24/h9-15,32H,4-8H2,1-3H3. The third kappa shape index (κ3) is 4.28. The summed E-state index contributed by atoms with van der Waals surface area (Å²) in [6, 6.07) is 0. The van der Waals surface area contributed by atoms with Crippen LogP contribution in [0.2, 0.25) is 0 Å². The van der Waals surface area contributed by atoms with Crippen molar-refractivity contribution in [2.45, 2.75) is 82.3 Å². The van der Waals surface area contributed by atoms with Crippen LogP contribution < -0.4 is 0 Å². The van der Waals surface area contributed by atoms with Crippen LogP contribution in [0.25, 0.3) is 0 Å². The number of aliphatic hydroxyl groups is 1. The van der Waals surface area contributed by atoms with E-state index in [0.29, 0.717) is 13.3 Å². The topological polar surface area (TPSA) is 55.8 Å². The SMILES string of the molecule is COC(=O)C(C)(CC1OC2C(CC1C)C1CC(CC(O)(C(F)(F)F)C(F)(F)F)C2C1)C(F)(F)F. The fraction of sp³-hybridized carbons (Fsp3) is 0.952. The lowest BCUT2D eigenvalue weighted by Gasteiger charge is -2.47. The number of methoxy groups -OCH3 is 1. The monoisotopic (exact) mass is 514 g/mol. The summed E-state index contributed by atoms with van der Waals surface area (Å²) < 4.78 is 131. The lowest BCUT2D eigenvalue weighted by atomic mass is 9.69. The number of carbonyl (C=O) groups is 1. The van der Waals surface area contributed by atoms with E-state index in [0.717, 1.165) is 7.11 Å². The summed E-state index contributed by atoms with van der Waals surface area (Å²) in [6.07, 6.45) is -20.5. The summed E-state index contributed by atoms with van der Waals surface area (Å²) in [6.45, 7) is 2.32. The molecule has 34 heavy (non-hydrogen) atoms. The average Bonchev–Trinajstić information content (AvgIpc) is 3.23. The summed E-state index contributed by atoms with van der Waals surface area (Å²) in [4.78, 5) is 12.0. The van der Waals surface area contributed by atoms with Crippen LogP contribution in [0, 0.1) is 35.0 Å². The second-order valence-corrected chi connectivity index (χ2v) is 10.3. The van der Waals surface area contributed by atoms with Gasteiger partial charge in [-0.15, -0.1) is 0 Å². The summed E-state index contributed by atoms with van der Waals surface area (Å²) in [5, 5.41) is 9.63. The fourth-order valence-electron chi connectivity index (χ4n) is 6.18. The first kappa shape index (κ1) is 27.3. The molecule has 0 aromatic carbocycles. The predicted molar refractivity (Wildman–Crippen MR) is 98.1 cm³/mol. The zero-order chi connectivity index (χ0) is 26.1. The van der Waals surface area contributed by atoms with E-state index in [1.165, 1.54) is 0 Å². The Hall–Kier alpha value is -1.24. The van der Waals surface area contributed by atoms with Crippen LogP contribution in [0.5, 0.6) is 0 Å². The molecule has 1 heterocycles. The number of hydrogen-bond acceptors (Lipinski definition) is 4. The largest absolute Gasteiger partial charge is 0.468 e. The van der Waals surface area contributed by atoms with Gasteiger partial charge in [-0.2, -0.15) is 39.5 Å². The Bertz CT molecular complexity index is 764. The number of fused-ring (bicyclic) bond motifs is 5. The molecular formula is C21H27F9O4. The van der Waals surface area contributed by atoms with Crippen molar-refractivity contribution in [2.75, 3.05) is 7.11 Å². The van der Waals surface area contributed by atoms with E-state index in [1.54, 1.807) is 6.92 Å². The highest BCUT2D eigenvalue weighted by atomic mass is 19.4. The van der Waals surface area contributed by atoms with Gasteiger partial charge in [0, 0.05) is 0 Å². The van der Waals surface area contributed by atoms with Gasteiger partial charge in [0.05, 0.1) is 19.3 Å². The van der Waals surface area contributed by atoms with Gasteiger partial charge in [-0.3, -0.25) is 4.79 Å².